The number of nitrogens with one attached hydrogen (secondary N) is 2. The lowest BCUT2D eigenvalue weighted by atomic mass is 9.93. The number of pyridine rings is 1. The molecular weight excluding hydrogens is 314 g/mol. The zero-order valence-corrected chi connectivity index (χ0v) is 13.3. The van der Waals surface area contributed by atoms with Crippen LogP contribution in [0.1, 0.15) is 21.5 Å². The standard InChI is InChI=1S/C17H18ClN3O2/c18-16-8-12(5-6-19-16)17(23)21-10-15(22)14-7-11-3-1-2-4-13(11)9-20-14/h1-6,8,14-15,20,22H,7,9-10H2,(H,21,23). The van der Waals surface area contributed by atoms with E-state index in [0.717, 1.165) is 13.0 Å². The molecule has 3 N–H and O–H groups in total. The largest absolute Gasteiger partial charge is 0.390 e. The van der Waals surface area contributed by atoms with Crippen LogP contribution in [0.5, 0.6) is 0 Å². The Balaban J connectivity index is 1.56. The maximum Gasteiger partial charge on any atom is 0.251 e. The summed E-state index contributed by atoms with van der Waals surface area (Å²) >= 11 is 5.77. The first-order valence-electron chi connectivity index (χ1n) is 7.51. The maximum absolute atomic E-state index is 12.1. The van der Waals surface area contributed by atoms with E-state index >= 15 is 0 Å². The minimum absolute atomic E-state index is 0.0776. The quantitative estimate of drug-likeness (QED) is 0.743. The number of benzene rings is 1. The lowest BCUT2D eigenvalue weighted by molar-refractivity contribution is 0.0870. The Morgan fingerprint density at radius 3 is 2.96 bits per heavy atom. The van der Waals surface area contributed by atoms with Crippen molar-refractivity contribution in [2.75, 3.05) is 6.54 Å². The number of nitrogens with zero attached hydrogens (tertiary/aromatic N) is 1. The molecule has 0 aliphatic carbocycles. The van der Waals surface area contributed by atoms with Crippen LogP contribution in [0.15, 0.2) is 42.6 Å². The van der Waals surface area contributed by atoms with E-state index in [1.807, 2.05) is 12.1 Å². The summed E-state index contributed by atoms with van der Waals surface area (Å²) in [6, 6.07) is 11.2. The zero-order chi connectivity index (χ0) is 16.2. The smallest absolute Gasteiger partial charge is 0.251 e. The molecule has 23 heavy (non-hydrogen) atoms. The predicted molar refractivity (Wildman–Crippen MR) is 88.4 cm³/mol. The normalized spacial score (nSPS) is 18.1. The molecule has 1 amide bonds. The van der Waals surface area contributed by atoms with Gasteiger partial charge in [0.05, 0.1) is 6.10 Å². The maximum atomic E-state index is 12.1. The number of carbonyl (C=O) groups excluding carboxylic acids is 1. The lowest BCUT2D eigenvalue weighted by Gasteiger charge is -2.30. The number of halogens is 1. The van der Waals surface area contributed by atoms with Crippen molar-refractivity contribution >= 4 is 17.5 Å². The van der Waals surface area contributed by atoms with Crippen molar-refractivity contribution in [1.29, 1.82) is 0 Å². The van der Waals surface area contributed by atoms with Gasteiger partial charge in [-0.1, -0.05) is 35.9 Å². The van der Waals surface area contributed by atoms with Crippen LogP contribution in [-0.2, 0) is 13.0 Å². The fourth-order valence-corrected chi connectivity index (χ4v) is 2.91. The average molecular weight is 332 g/mol. The first kappa shape index (κ1) is 15.9. The molecule has 0 radical (unpaired) electrons. The number of aromatic nitrogens is 1. The molecule has 1 aromatic heterocycles. The molecule has 2 aromatic rings. The highest BCUT2D eigenvalue weighted by Crippen LogP contribution is 2.17. The van der Waals surface area contributed by atoms with Gasteiger partial charge in [0.25, 0.3) is 5.91 Å². The number of rotatable bonds is 4. The summed E-state index contributed by atoms with van der Waals surface area (Å²) in [5.41, 5.74) is 2.92. The van der Waals surface area contributed by atoms with Crippen LogP contribution < -0.4 is 10.6 Å². The Labute approximate surface area is 139 Å². The number of hydrogen-bond acceptors (Lipinski definition) is 4. The highest BCUT2D eigenvalue weighted by molar-refractivity contribution is 6.29. The third-order valence-electron chi connectivity index (χ3n) is 4.04. The van der Waals surface area contributed by atoms with Gasteiger partial charge in [0.2, 0.25) is 0 Å². The molecule has 0 saturated carbocycles. The van der Waals surface area contributed by atoms with Crippen LogP contribution in [0, 0.1) is 0 Å². The van der Waals surface area contributed by atoms with Crippen LogP contribution >= 0.6 is 11.6 Å². The summed E-state index contributed by atoms with van der Waals surface area (Å²) in [6.45, 7) is 0.907. The van der Waals surface area contributed by atoms with Crippen molar-refractivity contribution in [2.24, 2.45) is 0 Å². The zero-order valence-electron chi connectivity index (χ0n) is 12.5. The van der Waals surface area contributed by atoms with Crippen molar-refractivity contribution in [2.45, 2.75) is 25.1 Å². The van der Waals surface area contributed by atoms with E-state index in [0.29, 0.717) is 5.56 Å². The van der Waals surface area contributed by atoms with Crippen molar-refractivity contribution in [3.8, 4) is 0 Å². The van der Waals surface area contributed by atoms with Crippen LogP contribution in [0.2, 0.25) is 5.15 Å². The van der Waals surface area contributed by atoms with Gasteiger partial charge in [0.1, 0.15) is 5.15 Å². The first-order chi connectivity index (χ1) is 11.1. The first-order valence-corrected chi connectivity index (χ1v) is 7.89. The Morgan fingerprint density at radius 1 is 1.39 bits per heavy atom. The molecule has 1 aromatic carbocycles. The molecule has 2 atom stereocenters. The lowest BCUT2D eigenvalue weighted by Crippen LogP contribution is -2.49. The summed E-state index contributed by atoms with van der Waals surface area (Å²) in [4.78, 5) is 15.9. The fourth-order valence-electron chi connectivity index (χ4n) is 2.74. The monoisotopic (exact) mass is 331 g/mol. The molecule has 6 heteroatoms. The number of aliphatic hydroxyl groups excluding tert-OH is 1. The van der Waals surface area contributed by atoms with Crippen LogP contribution in [-0.4, -0.2) is 34.7 Å². The topological polar surface area (TPSA) is 74.2 Å². The summed E-state index contributed by atoms with van der Waals surface area (Å²) in [6.07, 6.45) is 1.56. The molecule has 3 rings (SSSR count). The third kappa shape index (κ3) is 3.88. The second-order valence-corrected chi connectivity index (χ2v) is 5.99. The molecular formula is C17H18ClN3O2. The highest BCUT2D eigenvalue weighted by atomic mass is 35.5. The minimum Gasteiger partial charge on any atom is -0.390 e. The minimum atomic E-state index is -0.662. The van der Waals surface area contributed by atoms with Gasteiger partial charge in [-0.2, -0.15) is 0 Å². The average Bonchev–Trinajstić information content (AvgIpc) is 2.59. The van der Waals surface area contributed by atoms with Gasteiger partial charge in [-0.3, -0.25) is 4.79 Å². The summed E-state index contributed by atoms with van der Waals surface area (Å²) < 4.78 is 0. The van der Waals surface area contributed by atoms with Gasteiger partial charge in [-0.25, -0.2) is 4.98 Å². The van der Waals surface area contributed by atoms with Gasteiger partial charge in [-0.15, -0.1) is 0 Å². The van der Waals surface area contributed by atoms with Crippen molar-refractivity contribution in [3.05, 3.63) is 64.4 Å². The van der Waals surface area contributed by atoms with Crippen LogP contribution in [0.3, 0.4) is 0 Å². The van der Waals surface area contributed by atoms with Crippen molar-refractivity contribution in [1.82, 2.24) is 15.6 Å². The van der Waals surface area contributed by atoms with E-state index in [4.69, 9.17) is 11.6 Å². The molecule has 5 nitrogen and oxygen atoms in total. The molecule has 0 saturated heterocycles. The summed E-state index contributed by atoms with van der Waals surface area (Å²) in [5, 5.41) is 16.6. The Kier molecular flexibility index (Phi) is 4.91. The van der Waals surface area contributed by atoms with E-state index < -0.39 is 6.10 Å². The Bertz CT molecular complexity index is 708. The molecule has 2 heterocycles. The Hall–Kier alpha value is -1.95. The summed E-state index contributed by atoms with van der Waals surface area (Å²) in [5.74, 6) is -0.274. The van der Waals surface area contributed by atoms with E-state index in [-0.39, 0.29) is 23.6 Å². The van der Waals surface area contributed by atoms with E-state index in [1.54, 1.807) is 6.07 Å². The van der Waals surface area contributed by atoms with Crippen molar-refractivity contribution < 1.29 is 9.90 Å². The molecule has 0 spiro atoms. The van der Waals surface area contributed by atoms with Crippen LogP contribution in [0.25, 0.3) is 0 Å². The Morgan fingerprint density at radius 2 is 2.17 bits per heavy atom. The van der Waals surface area contributed by atoms with E-state index in [1.165, 1.54) is 23.4 Å². The molecule has 2 unspecified atom stereocenters. The molecule has 0 bridgehead atoms. The fraction of sp³-hybridized carbons (Fsp3) is 0.294. The van der Waals surface area contributed by atoms with Gasteiger partial charge >= 0.3 is 0 Å². The van der Waals surface area contributed by atoms with Gasteiger partial charge < -0.3 is 15.7 Å². The number of carbonyl (C=O) groups is 1. The number of hydrogen-bond donors (Lipinski definition) is 3. The highest BCUT2D eigenvalue weighted by Gasteiger charge is 2.24. The molecule has 1 aliphatic rings. The second-order valence-electron chi connectivity index (χ2n) is 5.60. The van der Waals surface area contributed by atoms with Gasteiger partial charge in [-0.05, 0) is 29.7 Å². The van der Waals surface area contributed by atoms with Crippen molar-refractivity contribution in [3.63, 3.8) is 0 Å². The van der Waals surface area contributed by atoms with Gasteiger partial charge in [0, 0.05) is 30.9 Å². The third-order valence-corrected chi connectivity index (χ3v) is 4.24. The van der Waals surface area contributed by atoms with E-state index in [2.05, 4.69) is 27.8 Å². The number of aliphatic hydroxyl groups is 1. The van der Waals surface area contributed by atoms with Crippen LogP contribution in [0.4, 0.5) is 0 Å². The second kappa shape index (κ2) is 7.08. The molecule has 0 fully saturated rings. The van der Waals surface area contributed by atoms with E-state index in [9.17, 15) is 9.90 Å². The predicted octanol–water partition coefficient (Wildman–Crippen LogP) is 1.54. The molecule has 120 valence electrons. The SMILES string of the molecule is O=C(NCC(O)C1Cc2ccccc2CN1)c1ccnc(Cl)c1. The number of fused-ring (bicyclic) bond motifs is 1. The number of amides is 1. The van der Waals surface area contributed by atoms with Gasteiger partial charge in [0.15, 0.2) is 0 Å². The molecule has 1 aliphatic heterocycles. The summed E-state index contributed by atoms with van der Waals surface area (Å²) in [7, 11) is 0.